The van der Waals surface area contributed by atoms with Crippen LogP contribution in [0.15, 0.2) is 24.3 Å². The van der Waals surface area contributed by atoms with Crippen molar-refractivity contribution >= 4 is 17.5 Å². The second-order valence-electron chi connectivity index (χ2n) is 5.70. The average molecular weight is 291 g/mol. The molecule has 0 aromatic heterocycles. The SMILES string of the molecule is CC(C)NC(=O)C(C)NC(=O)c1ccccc1NC(C)C. The zero-order valence-corrected chi connectivity index (χ0v) is 13.4. The summed E-state index contributed by atoms with van der Waals surface area (Å²) in [5, 5.41) is 8.73. The largest absolute Gasteiger partial charge is 0.382 e. The maximum absolute atomic E-state index is 12.3. The van der Waals surface area contributed by atoms with Crippen molar-refractivity contribution in [1.82, 2.24) is 10.6 Å². The second-order valence-corrected chi connectivity index (χ2v) is 5.70. The first kappa shape index (κ1) is 17.0. The van der Waals surface area contributed by atoms with Crippen molar-refractivity contribution in [3.05, 3.63) is 29.8 Å². The smallest absolute Gasteiger partial charge is 0.254 e. The van der Waals surface area contributed by atoms with Gasteiger partial charge in [-0.3, -0.25) is 9.59 Å². The quantitative estimate of drug-likeness (QED) is 0.752. The van der Waals surface area contributed by atoms with Crippen LogP contribution in [0, 0.1) is 0 Å². The highest BCUT2D eigenvalue weighted by molar-refractivity contribution is 6.01. The van der Waals surface area contributed by atoms with Gasteiger partial charge >= 0.3 is 0 Å². The highest BCUT2D eigenvalue weighted by Crippen LogP contribution is 2.16. The van der Waals surface area contributed by atoms with E-state index < -0.39 is 6.04 Å². The van der Waals surface area contributed by atoms with Gasteiger partial charge in [0.1, 0.15) is 6.04 Å². The summed E-state index contributed by atoms with van der Waals surface area (Å²) in [6.45, 7) is 9.46. The number of hydrogen-bond donors (Lipinski definition) is 3. The van der Waals surface area contributed by atoms with Gasteiger partial charge in [-0.05, 0) is 46.8 Å². The lowest BCUT2D eigenvalue weighted by molar-refractivity contribution is -0.123. The Morgan fingerprint density at radius 2 is 1.52 bits per heavy atom. The standard InChI is InChI=1S/C16H25N3O2/c1-10(2)17-14-9-7-6-8-13(14)16(21)19-12(5)15(20)18-11(3)4/h6-12,17H,1-5H3,(H,18,20)(H,19,21). The molecule has 3 N–H and O–H groups in total. The average Bonchev–Trinajstić information content (AvgIpc) is 2.37. The summed E-state index contributed by atoms with van der Waals surface area (Å²) < 4.78 is 0. The maximum Gasteiger partial charge on any atom is 0.254 e. The Morgan fingerprint density at radius 1 is 0.905 bits per heavy atom. The van der Waals surface area contributed by atoms with Crippen molar-refractivity contribution in [3.8, 4) is 0 Å². The van der Waals surface area contributed by atoms with Gasteiger partial charge in [0.05, 0.1) is 5.56 Å². The van der Waals surface area contributed by atoms with Crippen LogP contribution in [0.3, 0.4) is 0 Å². The van der Waals surface area contributed by atoms with Crippen LogP contribution < -0.4 is 16.0 Å². The Bertz CT molecular complexity index is 498. The molecular weight excluding hydrogens is 266 g/mol. The van der Waals surface area contributed by atoms with Gasteiger partial charge in [-0.25, -0.2) is 0 Å². The van der Waals surface area contributed by atoms with E-state index >= 15 is 0 Å². The van der Waals surface area contributed by atoms with Crippen molar-refractivity contribution in [2.24, 2.45) is 0 Å². The summed E-state index contributed by atoms with van der Waals surface area (Å²) in [5.41, 5.74) is 1.30. The van der Waals surface area contributed by atoms with Crippen LogP contribution >= 0.6 is 0 Å². The summed E-state index contributed by atoms with van der Waals surface area (Å²) >= 11 is 0. The summed E-state index contributed by atoms with van der Waals surface area (Å²) in [6.07, 6.45) is 0. The molecule has 5 nitrogen and oxygen atoms in total. The van der Waals surface area contributed by atoms with Crippen LogP contribution in [0.1, 0.15) is 45.0 Å². The van der Waals surface area contributed by atoms with Crippen molar-refractivity contribution in [1.29, 1.82) is 0 Å². The molecule has 21 heavy (non-hydrogen) atoms. The molecular formula is C16H25N3O2. The van der Waals surface area contributed by atoms with Crippen LogP contribution in [-0.4, -0.2) is 29.9 Å². The molecule has 1 aromatic rings. The number of rotatable bonds is 6. The van der Waals surface area contributed by atoms with Gasteiger partial charge in [0.25, 0.3) is 5.91 Å². The molecule has 0 spiro atoms. The van der Waals surface area contributed by atoms with Gasteiger partial charge in [0.2, 0.25) is 5.91 Å². The maximum atomic E-state index is 12.3. The molecule has 0 aliphatic heterocycles. The number of hydrogen-bond acceptors (Lipinski definition) is 3. The number of carbonyl (C=O) groups is 2. The predicted molar refractivity (Wildman–Crippen MR) is 85.4 cm³/mol. The molecule has 1 unspecified atom stereocenters. The number of carbonyl (C=O) groups excluding carboxylic acids is 2. The molecule has 0 saturated carbocycles. The van der Waals surface area contributed by atoms with Crippen LogP contribution in [0.5, 0.6) is 0 Å². The molecule has 0 bridgehead atoms. The van der Waals surface area contributed by atoms with Gasteiger partial charge in [0.15, 0.2) is 0 Å². The molecule has 1 rings (SSSR count). The van der Waals surface area contributed by atoms with Crippen LogP contribution in [0.4, 0.5) is 5.69 Å². The van der Waals surface area contributed by atoms with E-state index in [1.165, 1.54) is 0 Å². The van der Waals surface area contributed by atoms with Gasteiger partial charge in [-0.2, -0.15) is 0 Å². The fraction of sp³-hybridized carbons (Fsp3) is 0.500. The highest BCUT2D eigenvalue weighted by Gasteiger charge is 2.18. The zero-order chi connectivity index (χ0) is 16.0. The third kappa shape index (κ3) is 5.45. The molecule has 0 fully saturated rings. The van der Waals surface area contributed by atoms with Gasteiger partial charge in [-0.1, -0.05) is 12.1 Å². The van der Waals surface area contributed by atoms with Crippen molar-refractivity contribution < 1.29 is 9.59 Å². The first-order chi connectivity index (χ1) is 9.81. The first-order valence-electron chi connectivity index (χ1n) is 7.28. The van der Waals surface area contributed by atoms with E-state index in [2.05, 4.69) is 16.0 Å². The number of para-hydroxylation sites is 1. The fourth-order valence-corrected chi connectivity index (χ4v) is 1.87. The lowest BCUT2D eigenvalue weighted by Gasteiger charge is -2.18. The van der Waals surface area contributed by atoms with Crippen LogP contribution in [0.2, 0.25) is 0 Å². The predicted octanol–water partition coefficient (Wildman–Crippen LogP) is 2.15. The number of amides is 2. The van der Waals surface area contributed by atoms with Gasteiger partial charge < -0.3 is 16.0 Å². The van der Waals surface area contributed by atoms with E-state index in [1.807, 2.05) is 39.8 Å². The van der Waals surface area contributed by atoms with Crippen molar-refractivity contribution in [2.45, 2.75) is 52.7 Å². The van der Waals surface area contributed by atoms with Crippen LogP contribution in [-0.2, 0) is 4.79 Å². The number of anilines is 1. The summed E-state index contributed by atoms with van der Waals surface area (Å²) in [6, 6.07) is 6.97. The minimum Gasteiger partial charge on any atom is -0.382 e. The molecule has 2 amide bonds. The van der Waals surface area contributed by atoms with E-state index in [0.29, 0.717) is 5.56 Å². The zero-order valence-electron chi connectivity index (χ0n) is 13.4. The third-order valence-corrected chi connectivity index (χ3v) is 2.79. The van der Waals surface area contributed by atoms with Crippen molar-refractivity contribution in [3.63, 3.8) is 0 Å². The van der Waals surface area contributed by atoms with Crippen LogP contribution in [0.25, 0.3) is 0 Å². The molecule has 0 radical (unpaired) electrons. The molecule has 1 atom stereocenters. The molecule has 116 valence electrons. The molecule has 0 aliphatic rings. The topological polar surface area (TPSA) is 70.2 Å². The number of benzene rings is 1. The van der Waals surface area contributed by atoms with Gasteiger partial charge in [-0.15, -0.1) is 0 Å². The van der Waals surface area contributed by atoms with E-state index in [0.717, 1.165) is 5.69 Å². The second kappa shape index (κ2) is 7.67. The molecule has 1 aromatic carbocycles. The van der Waals surface area contributed by atoms with E-state index in [4.69, 9.17) is 0 Å². The van der Waals surface area contributed by atoms with E-state index in [9.17, 15) is 9.59 Å². The van der Waals surface area contributed by atoms with Gasteiger partial charge in [0, 0.05) is 17.8 Å². The summed E-state index contributed by atoms with van der Waals surface area (Å²) in [7, 11) is 0. The molecule has 0 heterocycles. The fourth-order valence-electron chi connectivity index (χ4n) is 1.87. The Morgan fingerprint density at radius 3 is 2.10 bits per heavy atom. The summed E-state index contributed by atoms with van der Waals surface area (Å²) in [5.74, 6) is -0.446. The normalized spacial score (nSPS) is 12.1. The Labute approximate surface area is 126 Å². The summed E-state index contributed by atoms with van der Waals surface area (Å²) in [4.78, 5) is 24.2. The minimum absolute atomic E-state index is 0.0479. The lowest BCUT2D eigenvalue weighted by Crippen LogP contribution is -2.46. The Hall–Kier alpha value is -2.04. The third-order valence-electron chi connectivity index (χ3n) is 2.79. The Kier molecular flexibility index (Phi) is 6.21. The van der Waals surface area contributed by atoms with E-state index in [-0.39, 0.29) is 23.9 Å². The number of nitrogens with one attached hydrogen (secondary N) is 3. The molecule has 0 saturated heterocycles. The lowest BCUT2D eigenvalue weighted by atomic mass is 10.1. The molecule has 5 heteroatoms. The highest BCUT2D eigenvalue weighted by atomic mass is 16.2. The minimum atomic E-state index is -0.577. The Balaban J connectivity index is 2.78. The first-order valence-corrected chi connectivity index (χ1v) is 7.28. The monoisotopic (exact) mass is 291 g/mol. The van der Waals surface area contributed by atoms with Crippen molar-refractivity contribution in [2.75, 3.05) is 5.32 Å². The molecule has 0 aliphatic carbocycles. The van der Waals surface area contributed by atoms with E-state index in [1.54, 1.807) is 19.1 Å².